The van der Waals surface area contributed by atoms with Crippen molar-refractivity contribution in [2.75, 3.05) is 20.8 Å². The largest absolute Gasteiger partial charge is 0.497 e. The zero-order valence-electron chi connectivity index (χ0n) is 14.1. The maximum atomic E-state index is 12.2. The molecule has 1 aliphatic carbocycles. The molecule has 2 atom stereocenters. The molecule has 1 aliphatic rings. The monoisotopic (exact) mass is 320 g/mol. The quantitative estimate of drug-likeness (QED) is 0.808. The molecular weight excluding hydrogens is 292 g/mol. The zero-order chi connectivity index (χ0) is 16.7. The summed E-state index contributed by atoms with van der Waals surface area (Å²) in [5, 5.41) is 3.17. The highest BCUT2D eigenvalue weighted by Gasteiger charge is 2.25. The van der Waals surface area contributed by atoms with Crippen LogP contribution in [0.15, 0.2) is 18.2 Å². The fourth-order valence-corrected chi connectivity index (χ4v) is 3.23. The Morgan fingerprint density at radius 3 is 2.43 bits per heavy atom. The van der Waals surface area contributed by atoms with E-state index in [1.807, 2.05) is 18.2 Å². The van der Waals surface area contributed by atoms with E-state index in [0.29, 0.717) is 25.3 Å². The number of benzene rings is 1. The van der Waals surface area contributed by atoms with Crippen LogP contribution in [0.1, 0.15) is 37.7 Å². The molecule has 1 aromatic carbocycles. The van der Waals surface area contributed by atoms with Crippen LogP contribution in [0.3, 0.4) is 0 Å². The summed E-state index contributed by atoms with van der Waals surface area (Å²) in [5.41, 5.74) is 6.86. The summed E-state index contributed by atoms with van der Waals surface area (Å²) in [6.45, 7) is 0.651. The third-order valence-electron chi connectivity index (χ3n) is 4.61. The van der Waals surface area contributed by atoms with E-state index in [1.165, 1.54) is 12.8 Å². The molecule has 2 rings (SSSR count). The fraction of sp³-hybridized carbons (Fsp3) is 0.611. The van der Waals surface area contributed by atoms with Gasteiger partial charge in [0, 0.05) is 18.5 Å². The number of hydrogen-bond acceptors (Lipinski definition) is 4. The number of carbonyl (C=O) groups is 1. The van der Waals surface area contributed by atoms with Crippen molar-refractivity contribution in [1.82, 2.24) is 5.32 Å². The minimum absolute atomic E-state index is 0.0946. The van der Waals surface area contributed by atoms with Crippen molar-refractivity contribution < 1.29 is 14.3 Å². The van der Waals surface area contributed by atoms with E-state index in [-0.39, 0.29) is 11.9 Å². The van der Waals surface area contributed by atoms with Crippen molar-refractivity contribution in [2.24, 2.45) is 11.7 Å². The van der Waals surface area contributed by atoms with E-state index in [1.54, 1.807) is 14.2 Å². The molecule has 3 N–H and O–H groups in total. The zero-order valence-corrected chi connectivity index (χ0v) is 14.1. The Morgan fingerprint density at radius 1 is 1.17 bits per heavy atom. The van der Waals surface area contributed by atoms with Crippen molar-refractivity contribution in [3.63, 3.8) is 0 Å². The highest BCUT2D eigenvalue weighted by atomic mass is 16.5. The Balaban J connectivity index is 1.88. The molecule has 2 unspecified atom stereocenters. The molecule has 128 valence electrons. The first-order valence-electron chi connectivity index (χ1n) is 8.37. The lowest BCUT2D eigenvalue weighted by molar-refractivity contribution is -0.122. The Hall–Kier alpha value is -1.75. The first-order chi connectivity index (χ1) is 11.2. The second kappa shape index (κ2) is 8.77. The number of ether oxygens (including phenoxy) is 2. The topological polar surface area (TPSA) is 73.6 Å². The van der Waals surface area contributed by atoms with E-state index in [2.05, 4.69) is 5.32 Å². The first-order valence-corrected chi connectivity index (χ1v) is 8.37. The van der Waals surface area contributed by atoms with Crippen molar-refractivity contribution in [1.29, 1.82) is 0 Å². The molecule has 5 heteroatoms. The van der Waals surface area contributed by atoms with Crippen molar-refractivity contribution >= 4 is 5.91 Å². The van der Waals surface area contributed by atoms with Crippen LogP contribution in [0.25, 0.3) is 0 Å². The summed E-state index contributed by atoms with van der Waals surface area (Å²) in [7, 11) is 3.25. The molecule has 1 amide bonds. The van der Waals surface area contributed by atoms with Gasteiger partial charge in [0.15, 0.2) is 0 Å². The van der Waals surface area contributed by atoms with E-state index in [0.717, 1.165) is 29.9 Å². The highest BCUT2D eigenvalue weighted by molar-refractivity contribution is 5.76. The van der Waals surface area contributed by atoms with E-state index in [9.17, 15) is 4.79 Å². The molecular formula is C18H28N2O3. The Labute approximate surface area is 138 Å². The van der Waals surface area contributed by atoms with Gasteiger partial charge >= 0.3 is 0 Å². The third kappa shape index (κ3) is 5.13. The van der Waals surface area contributed by atoms with Gasteiger partial charge in [0.05, 0.1) is 14.2 Å². The smallest absolute Gasteiger partial charge is 0.220 e. The standard InChI is InChI=1S/C18H28N2O3/c1-22-15-9-13(10-16(11-15)23-2)7-8-18(21)20-17-6-4-3-5-14(17)12-19/h9-11,14,17H,3-8,12,19H2,1-2H3,(H,20,21). The normalized spacial score (nSPS) is 20.8. The summed E-state index contributed by atoms with van der Waals surface area (Å²) in [6.07, 6.45) is 5.69. The van der Waals surface area contributed by atoms with E-state index >= 15 is 0 Å². The number of amides is 1. The number of methoxy groups -OCH3 is 2. The van der Waals surface area contributed by atoms with Gasteiger partial charge in [-0.05, 0) is 49.4 Å². The lowest BCUT2D eigenvalue weighted by Crippen LogP contribution is -2.44. The number of nitrogens with two attached hydrogens (primary N) is 1. The van der Waals surface area contributed by atoms with Crippen LogP contribution in [0.5, 0.6) is 11.5 Å². The molecule has 5 nitrogen and oxygen atoms in total. The second-order valence-electron chi connectivity index (χ2n) is 6.18. The molecule has 0 saturated heterocycles. The Kier molecular flexibility index (Phi) is 6.71. The molecule has 1 saturated carbocycles. The van der Waals surface area contributed by atoms with Crippen molar-refractivity contribution in [3.8, 4) is 11.5 Å². The molecule has 0 radical (unpaired) electrons. The van der Waals surface area contributed by atoms with Gasteiger partial charge in [-0.15, -0.1) is 0 Å². The maximum absolute atomic E-state index is 12.2. The summed E-state index contributed by atoms with van der Waals surface area (Å²) in [5.74, 6) is 2.01. The van der Waals surface area contributed by atoms with Crippen LogP contribution < -0.4 is 20.5 Å². The van der Waals surface area contributed by atoms with Gasteiger partial charge in [0.1, 0.15) is 11.5 Å². The summed E-state index contributed by atoms with van der Waals surface area (Å²) in [4.78, 5) is 12.2. The van der Waals surface area contributed by atoms with Gasteiger partial charge in [-0.1, -0.05) is 12.8 Å². The summed E-state index contributed by atoms with van der Waals surface area (Å²) < 4.78 is 10.5. The van der Waals surface area contributed by atoms with Gasteiger partial charge in [0.2, 0.25) is 5.91 Å². The van der Waals surface area contributed by atoms with E-state index < -0.39 is 0 Å². The molecule has 0 aromatic heterocycles. The van der Waals surface area contributed by atoms with Crippen LogP contribution in [0.4, 0.5) is 0 Å². The average Bonchev–Trinajstić information content (AvgIpc) is 2.60. The predicted octanol–water partition coefficient (Wildman–Crippen LogP) is 2.27. The van der Waals surface area contributed by atoms with Crippen LogP contribution in [0.2, 0.25) is 0 Å². The molecule has 23 heavy (non-hydrogen) atoms. The molecule has 0 spiro atoms. The van der Waals surface area contributed by atoms with Crippen molar-refractivity contribution in [2.45, 2.75) is 44.6 Å². The van der Waals surface area contributed by atoms with Crippen LogP contribution in [0, 0.1) is 5.92 Å². The van der Waals surface area contributed by atoms with Gasteiger partial charge in [-0.3, -0.25) is 4.79 Å². The molecule has 0 heterocycles. The third-order valence-corrected chi connectivity index (χ3v) is 4.61. The Morgan fingerprint density at radius 2 is 1.83 bits per heavy atom. The fourth-order valence-electron chi connectivity index (χ4n) is 3.23. The number of nitrogens with one attached hydrogen (secondary N) is 1. The van der Waals surface area contributed by atoms with Crippen LogP contribution in [-0.4, -0.2) is 32.7 Å². The van der Waals surface area contributed by atoms with Crippen LogP contribution >= 0.6 is 0 Å². The predicted molar refractivity (Wildman–Crippen MR) is 90.8 cm³/mol. The molecule has 0 bridgehead atoms. The van der Waals surface area contributed by atoms with Crippen LogP contribution in [-0.2, 0) is 11.2 Å². The second-order valence-corrected chi connectivity index (χ2v) is 6.18. The minimum atomic E-state index is 0.0946. The number of hydrogen-bond donors (Lipinski definition) is 2. The lowest BCUT2D eigenvalue weighted by atomic mass is 9.84. The maximum Gasteiger partial charge on any atom is 0.220 e. The van der Waals surface area contributed by atoms with Gasteiger partial charge in [-0.2, -0.15) is 0 Å². The molecule has 1 aromatic rings. The first kappa shape index (κ1) is 17.6. The molecule has 0 aliphatic heterocycles. The Bertz CT molecular complexity index is 497. The number of carbonyl (C=O) groups excluding carboxylic acids is 1. The minimum Gasteiger partial charge on any atom is -0.497 e. The number of rotatable bonds is 7. The summed E-state index contributed by atoms with van der Waals surface area (Å²) >= 11 is 0. The molecule has 1 fully saturated rings. The summed E-state index contributed by atoms with van der Waals surface area (Å²) in [6, 6.07) is 5.96. The number of aryl methyl sites for hydroxylation is 1. The van der Waals surface area contributed by atoms with E-state index in [4.69, 9.17) is 15.2 Å². The van der Waals surface area contributed by atoms with Gasteiger partial charge in [-0.25, -0.2) is 0 Å². The lowest BCUT2D eigenvalue weighted by Gasteiger charge is -2.31. The highest BCUT2D eigenvalue weighted by Crippen LogP contribution is 2.25. The van der Waals surface area contributed by atoms with Gasteiger partial charge in [0.25, 0.3) is 0 Å². The van der Waals surface area contributed by atoms with Crippen molar-refractivity contribution in [3.05, 3.63) is 23.8 Å². The average molecular weight is 320 g/mol. The SMILES string of the molecule is COc1cc(CCC(=O)NC2CCCCC2CN)cc(OC)c1. The van der Waals surface area contributed by atoms with Gasteiger partial charge < -0.3 is 20.5 Å².